The smallest absolute Gasteiger partial charge is 0.221 e. The molecule has 2 aromatic heterocycles. The molecule has 3 atom stereocenters. The third-order valence-corrected chi connectivity index (χ3v) is 7.67. The predicted octanol–water partition coefficient (Wildman–Crippen LogP) is 4.61. The SMILES string of the molecule is CC(=O)Nc1ccc(C(C)NC[C@H]2CCNCC2CCCc2c[nH]c3ccc(-n4cnnc4)cc23)cc1. The molecule has 2 unspecified atom stereocenters. The Bertz CT molecular complexity index is 1300. The van der Waals surface area contributed by atoms with Crippen LogP contribution in [0.15, 0.2) is 61.3 Å². The van der Waals surface area contributed by atoms with Crippen LogP contribution in [0.1, 0.15) is 50.3 Å². The number of anilines is 1. The monoisotopic (exact) mass is 499 g/mol. The van der Waals surface area contributed by atoms with Gasteiger partial charge >= 0.3 is 0 Å². The van der Waals surface area contributed by atoms with Crippen molar-refractivity contribution in [1.29, 1.82) is 0 Å². The van der Waals surface area contributed by atoms with E-state index in [2.05, 4.69) is 74.6 Å². The van der Waals surface area contributed by atoms with Crippen LogP contribution in [0.2, 0.25) is 0 Å². The number of H-pyrrole nitrogens is 1. The van der Waals surface area contributed by atoms with E-state index in [0.717, 1.165) is 37.4 Å². The van der Waals surface area contributed by atoms with Crippen molar-refractivity contribution in [2.24, 2.45) is 11.8 Å². The molecular weight excluding hydrogens is 462 g/mol. The second-order valence-corrected chi connectivity index (χ2v) is 10.3. The lowest BCUT2D eigenvalue weighted by molar-refractivity contribution is -0.114. The van der Waals surface area contributed by atoms with Crippen LogP contribution in [0.25, 0.3) is 16.6 Å². The van der Waals surface area contributed by atoms with Crippen molar-refractivity contribution in [3.63, 3.8) is 0 Å². The van der Waals surface area contributed by atoms with Gasteiger partial charge in [-0.1, -0.05) is 12.1 Å². The summed E-state index contributed by atoms with van der Waals surface area (Å²) in [5.74, 6) is 1.30. The van der Waals surface area contributed by atoms with E-state index >= 15 is 0 Å². The van der Waals surface area contributed by atoms with E-state index in [9.17, 15) is 4.79 Å². The lowest BCUT2D eigenvalue weighted by atomic mass is 9.82. The number of fused-ring (bicyclic) bond motifs is 1. The number of hydrogen-bond donors (Lipinski definition) is 4. The van der Waals surface area contributed by atoms with Gasteiger partial charge in [0.1, 0.15) is 12.7 Å². The molecule has 2 aromatic carbocycles. The van der Waals surface area contributed by atoms with E-state index in [1.807, 2.05) is 16.7 Å². The Morgan fingerprint density at radius 2 is 1.95 bits per heavy atom. The molecule has 1 aliphatic heterocycles. The molecule has 5 rings (SSSR count). The van der Waals surface area contributed by atoms with E-state index in [0.29, 0.717) is 11.8 Å². The molecule has 4 aromatic rings. The van der Waals surface area contributed by atoms with Crippen LogP contribution in [-0.4, -0.2) is 45.3 Å². The largest absolute Gasteiger partial charge is 0.361 e. The highest BCUT2D eigenvalue weighted by Crippen LogP contribution is 2.28. The van der Waals surface area contributed by atoms with Crippen molar-refractivity contribution < 1.29 is 4.79 Å². The molecule has 0 aliphatic carbocycles. The standard InChI is InChI=1S/C29H37N7O/c1-20(22-6-8-26(9-7-22)35-21(2)37)31-16-24-12-13-30-15-23(24)4-3-5-25-17-32-29-11-10-27(14-28(25)29)36-18-33-34-19-36/h6-11,14,17-20,23-24,30-32H,3-5,12-13,15-16H2,1-2H3,(H,35,37)/t20?,23?,24-/m1/s1. The first-order chi connectivity index (χ1) is 18.1. The summed E-state index contributed by atoms with van der Waals surface area (Å²) < 4.78 is 1.94. The molecule has 194 valence electrons. The van der Waals surface area contributed by atoms with Crippen molar-refractivity contribution in [3.05, 3.63) is 72.4 Å². The fourth-order valence-electron chi connectivity index (χ4n) is 5.51. The third kappa shape index (κ3) is 6.26. The van der Waals surface area contributed by atoms with Crippen molar-refractivity contribution in [2.45, 2.75) is 45.6 Å². The fourth-order valence-corrected chi connectivity index (χ4v) is 5.51. The molecule has 0 spiro atoms. The van der Waals surface area contributed by atoms with Crippen molar-refractivity contribution in [2.75, 3.05) is 25.0 Å². The summed E-state index contributed by atoms with van der Waals surface area (Å²) in [5.41, 5.74) is 5.71. The number of nitrogens with zero attached hydrogens (tertiary/aromatic N) is 3. The van der Waals surface area contributed by atoms with Crippen molar-refractivity contribution in [3.8, 4) is 5.69 Å². The maximum Gasteiger partial charge on any atom is 0.221 e. The van der Waals surface area contributed by atoms with Crippen molar-refractivity contribution in [1.82, 2.24) is 30.4 Å². The van der Waals surface area contributed by atoms with Crippen LogP contribution in [0.3, 0.4) is 0 Å². The number of aryl methyl sites for hydroxylation is 1. The minimum atomic E-state index is -0.0441. The van der Waals surface area contributed by atoms with Gasteiger partial charge in [-0.05, 0) is 106 Å². The Hall–Kier alpha value is -3.49. The second kappa shape index (κ2) is 11.7. The molecule has 0 radical (unpaired) electrons. The Balaban J connectivity index is 1.15. The number of benzene rings is 2. The first kappa shape index (κ1) is 25.2. The Morgan fingerprint density at radius 3 is 2.73 bits per heavy atom. The zero-order valence-electron chi connectivity index (χ0n) is 21.7. The first-order valence-electron chi connectivity index (χ1n) is 13.3. The lowest BCUT2D eigenvalue weighted by Crippen LogP contribution is -2.41. The molecule has 4 N–H and O–H groups in total. The Labute approximate surface area is 218 Å². The number of nitrogens with one attached hydrogen (secondary N) is 4. The summed E-state index contributed by atoms with van der Waals surface area (Å²) >= 11 is 0. The van der Waals surface area contributed by atoms with Gasteiger partial charge in [0.2, 0.25) is 5.91 Å². The van der Waals surface area contributed by atoms with Crippen LogP contribution in [0.4, 0.5) is 5.69 Å². The molecular formula is C29H37N7O. The number of rotatable bonds is 10. The summed E-state index contributed by atoms with van der Waals surface area (Å²) in [5, 5.41) is 19.4. The van der Waals surface area contributed by atoms with Crippen LogP contribution in [0.5, 0.6) is 0 Å². The predicted molar refractivity (Wildman–Crippen MR) is 148 cm³/mol. The number of aromatic nitrogens is 4. The quantitative estimate of drug-likeness (QED) is 0.255. The number of carbonyl (C=O) groups excluding carboxylic acids is 1. The normalized spacial score (nSPS) is 18.6. The fraction of sp³-hybridized carbons (Fsp3) is 0.414. The minimum absolute atomic E-state index is 0.0441. The van der Waals surface area contributed by atoms with Gasteiger partial charge in [-0.3, -0.25) is 9.36 Å². The third-order valence-electron chi connectivity index (χ3n) is 7.67. The van der Waals surface area contributed by atoms with E-state index in [1.165, 1.54) is 48.2 Å². The first-order valence-corrected chi connectivity index (χ1v) is 13.3. The van der Waals surface area contributed by atoms with Crippen LogP contribution >= 0.6 is 0 Å². The summed E-state index contributed by atoms with van der Waals surface area (Å²) in [6.07, 6.45) is 10.3. The second-order valence-electron chi connectivity index (χ2n) is 10.3. The molecule has 37 heavy (non-hydrogen) atoms. The van der Waals surface area contributed by atoms with Gasteiger partial charge in [0.05, 0.1) is 0 Å². The van der Waals surface area contributed by atoms with Crippen LogP contribution in [-0.2, 0) is 11.2 Å². The van der Waals surface area contributed by atoms with Gasteiger partial charge in [0.15, 0.2) is 0 Å². The lowest BCUT2D eigenvalue weighted by Gasteiger charge is -2.33. The highest BCUT2D eigenvalue weighted by atomic mass is 16.1. The number of amides is 1. The molecule has 1 amide bonds. The zero-order valence-corrected chi connectivity index (χ0v) is 21.7. The Kier molecular flexibility index (Phi) is 7.96. The molecule has 1 aliphatic rings. The summed E-state index contributed by atoms with van der Waals surface area (Å²) in [4.78, 5) is 14.7. The average molecular weight is 500 g/mol. The molecule has 1 fully saturated rings. The van der Waals surface area contributed by atoms with Gasteiger partial charge in [0, 0.05) is 41.4 Å². The maximum absolute atomic E-state index is 11.3. The highest BCUT2D eigenvalue weighted by molar-refractivity contribution is 5.88. The molecule has 3 heterocycles. The van der Waals surface area contributed by atoms with E-state index < -0.39 is 0 Å². The summed E-state index contributed by atoms with van der Waals surface area (Å²) in [7, 11) is 0. The van der Waals surface area contributed by atoms with Gasteiger partial charge < -0.3 is 20.9 Å². The van der Waals surface area contributed by atoms with Gasteiger partial charge in [-0.15, -0.1) is 10.2 Å². The summed E-state index contributed by atoms with van der Waals surface area (Å²) in [6.45, 7) is 6.96. The van der Waals surface area contributed by atoms with E-state index in [1.54, 1.807) is 12.7 Å². The van der Waals surface area contributed by atoms with Crippen molar-refractivity contribution >= 4 is 22.5 Å². The maximum atomic E-state index is 11.3. The van der Waals surface area contributed by atoms with Crippen LogP contribution in [0, 0.1) is 11.8 Å². The Morgan fingerprint density at radius 1 is 1.14 bits per heavy atom. The topological polar surface area (TPSA) is 99.7 Å². The molecule has 8 nitrogen and oxygen atoms in total. The van der Waals surface area contributed by atoms with E-state index in [-0.39, 0.29) is 11.9 Å². The summed E-state index contributed by atoms with van der Waals surface area (Å²) in [6, 6.07) is 14.9. The number of piperidine rings is 1. The van der Waals surface area contributed by atoms with Gasteiger partial charge in [-0.25, -0.2) is 0 Å². The van der Waals surface area contributed by atoms with Crippen LogP contribution < -0.4 is 16.0 Å². The van der Waals surface area contributed by atoms with E-state index in [4.69, 9.17) is 0 Å². The number of aromatic amines is 1. The average Bonchev–Trinajstić information content (AvgIpc) is 3.58. The molecule has 0 saturated carbocycles. The molecule has 8 heteroatoms. The zero-order chi connectivity index (χ0) is 25.6. The van der Waals surface area contributed by atoms with Gasteiger partial charge in [0.25, 0.3) is 0 Å². The minimum Gasteiger partial charge on any atom is -0.361 e. The molecule has 1 saturated heterocycles. The number of hydrogen-bond acceptors (Lipinski definition) is 5. The highest BCUT2D eigenvalue weighted by Gasteiger charge is 2.25. The van der Waals surface area contributed by atoms with Gasteiger partial charge in [-0.2, -0.15) is 0 Å². The number of carbonyl (C=O) groups is 1. The molecule has 0 bridgehead atoms.